The lowest BCUT2D eigenvalue weighted by atomic mass is 9.96. The van der Waals surface area contributed by atoms with Gasteiger partial charge in [0.05, 0.1) is 26.1 Å². The standard InChI is InChI=1S/C18H25NO4/c1-4-23-18(21)15-7-9-19(10-8-15)17(20)12-14-5-6-16(22-3)13(2)11-14/h5-6,11,15H,4,7-10,12H2,1-3H3. The predicted molar refractivity (Wildman–Crippen MR) is 87.4 cm³/mol. The summed E-state index contributed by atoms with van der Waals surface area (Å²) in [7, 11) is 1.64. The van der Waals surface area contributed by atoms with Gasteiger partial charge < -0.3 is 14.4 Å². The molecule has 1 aromatic carbocycles. The highest BCUT2D eigenvalue weighted by molar-refractivity contribution is 5.79. The minimum Gasteiger partial charge on any atom is -0.496 e. The molecule has 1 amide bonds. The molecule has 1 aromatic rings. The van der Waals surface area contributed by atoms with E-state index in [1.807, 2.05) is 36.9 Å². The summed E-state index contributed by atoms with van der Waals surface area (Å²) in [6.45, 7) is 5.44. The molecule has 0 saturated carbocycles. The maximum atomic E-state index is 12.4. The van der Waals surface area contributed by atoms with Crippen molar-refractivity contribution in [1.29, 1.82) is 0 Å². The molecule has 0 aromatic heterocycles. The minimum absolute atomic E-state index is 0.0674. The summed E-state index contributed by atoms with van der Waals surface area (Å²) in [5, 5.41) is 0. The Morgan fingerprint density at radius 1 is 1.26 bits per heavy atom. The van der Waals surface area contributed by atoms with E-state index in [1.54, 1.807) is 7.11 Å². The normalized spacial score (nSPS) is 15.3. The van der Waals surface area contributed by atoms with Crippen LogP contribution < -0.4 is 4.74 Å². The highest BCUT2D eigenvalue weighted by Gasteiger charge is 2.28. The quantitative estimate of drug-likeness (QED) is 0.782. The lowest BCUT2D eigenvalue weighted by Crippen LogP contribution is -2.41. The molecule has 0 radical (unpaired) electrons. The first-order valence-corrected chi connectivity index (χ1v) is 8.13. The van der Waals surface area contributed by atoms with Crippen LogP contribution in [-0.4, -0.2) is 43.6 Å². The molecule has 1 saturated heterocycles. The zero-order valence-electron chi connectivity index (χ0n) is 14.1. The molecule has 5 nitrogen and oxygen atoms in total. The second-order valence-electron chi connectivity index (χ2n) is 5.89. The lowest BCUT2D eigenvalue weighted by Gasteiger charge is -2.31. The average Bonchev–Trinajstić information content (AvgIpc) is 2.55. The summed E-state index contributed by atoms with van der Waals surface area (Å²) in [4.78, 5) is 26.0. The van der Waals surface area contributed by atoms with E-state index in [0.29, 0.717) is 39.0 Å². The van der Waals surface area contributed by atoms with Crippen molar-refractivity contribution >= 4 is 11.9 Å². The van der Waals surface area contributed by atoms with Gasteiger partial charge in [0.1, 0.15) is 5.75 Å². The van der Waals surface area contributed by atoms with E-state index in [-0.39, 0.29) is 17.8 Å². The SMILES string of the molecule is CCOC(=O)C1CCN(C(=O)Cc2ccc(OC)c(C)c2)CC1. The molecule has 0 bridgehead atoms. The molecule has 1 aliphatic rings. The first-order valence-electron chi connectivity index (χ1n) is 8.13. The Kier molecular flexibility index (Phi) is 6.02. The first-order chi connectivity index (χ1) is 11.0. The predicted octanol–water partition coefficient (Wildman–Crippen LogP) is 2.35. The number of nitrogens with zero attached hydrogens (tertiary/aromatic N) is 1. The lowest BCUT2D eigenvalue weighted by molar-refractivity contribution is -0.151. The van der Waals surface area contributed by atoms with Gasteiger partial charge in [0.2, 0.25) is 5.91 Å². The zero-order chi connectivity index (χ0) is 16.8. The van der Waals surface area contributed by atoms with E-state index in [2.05, 4.69) is 0 Å². The Morgan fingerprint density at radius 3 is 2.52 bits per heavy atom. The molecular formula is C18H25NO4. The fourth-order valence-corrected chi connectivity index (χ4v) is 2.96. The Hall–Kier alpha value is -2.04. The molecule has 1 aliphatic heterocycles. The number of piperidine rings is 1. The topological polar surface area (TPSA) is 55.8 Å². The van der Waals surface area contributed by atoms with E-state index in [1.165, 1.54) is 0 Å². The highest BCUT2D eigenvalue weighted by Crippen LogP contribution is 2.21. The third kappa shape index (κ3) is 4.47. The summed E-state index contributed by atoms with van der Waals surface area (Å²) in [5.74, 6) is 0.737. The van der Waals surface area contributed by atoms with E-state index >= 15 is 0 Å². The number of carbonyl (C=O) groups is 2. The Balaban J connectivity index is 1.88. The number of carbonyl (C=O) groups excluding carboxylic acids is 2. The van der Waals surface area contributed by atoms with E-state index in [0.717, 1.165) is 16.9 Å². The molecule has 23 heavy (non-hydrogen) atoms. The summed E-state index contributed by atoms with van der Waals surface area (Å²) < 4.78 is 10.3. The number of ether oxygens (including phenoxy) is 2. The fourth-order valence-electron chi connectivity index (χ4n) is 2.96. The van der Waals surface area contributed by atoms with Gasteiger partial charge in [-0.05, 0) is 43.9 Å². The third-order valence-electron chi connectivity index (χ3n) is 4.28. The number of esters is 1. The molecule has 0 spiro atoms. The van der Waals surface area contributed by atoms with Gasteiger partial charge in [0.25, 0.3) is 0 Å². The maximum Gasteiger partial charge on any atom is 0.309 e. The maximum absolute atomic E-state index is 12.4. The van der Waals surface area contributed by atoms with Crippen LogP contribution in [0.4, 0.5) is 0 Å². The van der Waals surface area contributed by atoms with Gasteiger partial charge in [-0.3, -0.25) is 9.59 Å². The van der Waals surface area contributed by atoms with E-state index in [4.69, 9.17) is 9.47 Å². The summed E-state index contributed by atoms with van der Waals surface area (Å²) in [6, 6.07) is 5.81. The van der Waals surface area contributed by atoms with Crippen LogP contribution in [0.3, 0.4) is 0 Å². The second kappa shape index (κ2) is 7.99. The van der Waals surface area contributed by atoms with Crippen LogP contribution in [0.1, 0.15) is 30.9 Å². The number of rotatable bonds is 5. The number of benzene rings is 1. The molecule has 1 fully saturated rings. The van der Waals surface area contributed by atoms with Gasteiger partial charge in [-0.2, -0.15) is 0 Å². The van der Waals surface area contributed by atoms with Gasteiger partial charge in [-0.1, -0.05) is 12.1 Å². The van der Waals surface area contributed by atoms with Gasteiger partial charge in [-0.25, -0.2) is 0 Å². The Labute approximate surface area is 137 Å². The van der Waals surface area contributed by atoms with Gasteiger partial charge >= 0.3 is 5.97 Å². The molecule has 2 rings (SSSR count). The van der Waals surface area contributed by atoms with Crippen LogP contribution >= 0.6 is 0 Å². The second-order valence-corrected chi connectivity index (χ2v) is 5.89. The summed E-state index contributed by atoms with van der Waals surface area (Å²) in [5.41, 5.74) is 2.01. The Bertz CT molecular complexity index is 562. The number of hydrogen-bond acceptors (Lipinski definition) is 4. The fraction of sp³-hybridized carbons (Fsp3) is 0.556. The minimum atomic E-state index is -0.134. The molecule has 0 aliphatic carbocycles. The number of hydrogen-bond donors (Lipinski definition) is 0. The molecule has 0 atom stereocenters. The van der Waals surface area contributed by atoms with Crippen LogP contribution in [0.25, 0.3) is 0 Å². The summed E-state index contributed by atoms with van der Waals surface area (Å²) >= 11 is 0. The van der Waals surface area contributed by atoms with Crippen molar-refractivity contribution in [3.63, 3.8) is 0 Å². The molecule has 0 unspecified atom stereocenters. The molecule has 126 valence electrons. The number of aryl methyl sites for hydroxylation is 1. The number of likely N-dealkylation sites (tertiary alicyclic amines) is 1. The van der Waals surface area contributed by atoms with Crippen LogP contribution in [0.15, 0.2) is 18.2 Å². The van der Waals surface area contributed by atoms with Crippen LogP contribution in [0, 0.1) is 12.8 Å². The van der Waals surface area contributed by atoms with Gasteiger partial charge in [0, 0.05) is 13.1 Å². The van der Waals surface area contributed by atoms with E-state index < -0.39 is 0 Å². The number of amides is 1. The van der Waals surface area contributed by atoms with Crippen molar-refractivity contribution < 1.29 is 19.1 Å². The monoisotopic (exact) mass is 319 g/mol. The molecule has 0 N–H and O–H groups in total. The first kappa shape index (κ1) is 17.3. The van der Waals surface area contributed by atoms with Crippen molar-refractivity contribution in [1.82, 2.24) is 4.90 Å². The molecule has 5 heteroatoms. The third-order valence-corrected chi connectivity index (χ3v) is 4.28. The van der Waals surface area contributed by atoms with Crippen LogP contribution in [0.2, 0.25) is 0 Å². The van der Waals surface area contributed by atoms with Gasteiger partial charge in [0.15, 0.2) is 0 Å². The van der Waals surface area contributed by atoms with Crippen LogP contribution in [0.5, 0.6) is 5.75 Å². The largest absolute Gasteiger partial charge is 0.496 e. The zero-order valence-corrected chi connectivity index (χ0v) is 14.1. The van der Waals surface area contributed by atoms with Gasteiger partial charge in [-0.15, -0.1) is 0 Å². The van der Waals surface area contributed by atoms with Crippen molar-refractivity contribution in [2.45, 2.75) is 33.1 Å². The highest BCUT2D eigenvalue weighted by atomic mass is 16.5. The van der Waals surface area contributed by atoms with E-state index in [9.17, 15) is 9.59 Å². The summed E-state index contributed by atoms with van der Waals surface area (Å²) in [6.07, 6.45) is 1.76. The van der Waals surface area contributed by atoms with Crippen molar-refractivity contribution in [3.05, 3.63) is 29.3 Å². The smallest absolute Gasteiger partial charge is 0.309 e. The molecular weight excluding hydrogens is 294 g/mol. The Morgan fingerprint density at radius 2 is 1.96 bits per heavy atom. The van der Waals surface area contributed by atoms with Crippen LogP contribution in [-0.2, 0) is 20.7 Å². The van der Waals surface area contributed by atoms with Crippen molar-refractivity contribution in [2.75, 3.05) is 26.8 Å². The number of methoxy groups -OCH3 is 1. The van der Waals surface area contributed by atoms with Crippen molar-refractivity contribution in [3.8, 4) is 5.75 Å². The molecule has 1 heterocycles. The van der Waals surface area contributed by atoms with Crippen molar-refractivity contribution in [2.24, 2.45) is 5.92 Å². The average molecular weight is 319 g/mol.